The van der Waals surface area contributed by atoms with Crippen molar-refractivity contribution in [3.05, 3.63) is 48.0 Å². The second-order valence-electron chi connectivity index (χ2n) is 5.38. The number of benzene rings is 1. The summed E-state index contributed by atoms with van der Waals surface area (Å²) in [6.45, 7) is 14.1. The molecule has 0 atom stereocenters. The molecule has 0 unspecified atom stereocenters. The lowest BCUT2D eigenvalue weighted by Gasteiger charge is -2.03. The van der Waals surface area contributed by atoms with Crippen LogP contribution >= 0.6 is 0 Å². The van der Waals surface area contributed by atoms with Gasteiger partial charge in [-0.05, 0) is 49.0 Å². The first-order valence-electron chi connectivity index (χ1n) is 7.93. The van der Waals surface area contributed by atoms with Gasteiger partial charge in [-0.1, -0.05) is 58.2 Å². The fourth-order valence-corrected chi connectivity index (χ4v) is 1.72. The van der Waals surface area contributed by atoms with Crippen LogP contribution in [-0.2, 0) is 11.2 Å². The SMILES string of the molecule is C=CC#Cc1ccc(CC(C)C)cc1.CCCOCCC. The lowest BCUT2D eigenvalue weighted by atomic mass is 10.0. The predicted octanol–water partition coefficient (Wildman–Crippen LogP) is 5.25. The Labute approximate surface area is 131 Å². The summed E-state index contributed by atoms with van der Waals surface area (Å²) >= 11 is 0. The molecular formula is C20H30O. The van der Waals surface area contributed by atoms with E-state index >= 15 is 0 Å². The Kier molecular flexibility index (Phi) is 12.5. The van der Waals surface area contributed by atoms with Gasteiger partial charge in [0.05, 0.1) is 0 Å². The molecule has 116 valence electrons. The van der Waals surface area contributed by atoms with Gasteiger partial charge in [0.1, 0.15) is 0 Å². The number of ether oxygens (including phenoxy) is 1. The Bertz CT molecular complexity index is 413. The Morgan fingerprint density at radius 2 is 1.67 bits per heavy atom. The number of hydrogen-bond donors (Lipinski definition) is 0. The van der Waals surface area contributed by atoms with Gasteiger partial charge in [-0.25, -0.2) is 0 Å². The quantitative estimate of drug-likeness (QED) is 0.513. The van der Waals surface area contributed by atoms with Crippen molar-refractivity contribution < 1.29 is 4.74 Å². The summed E-state index contributed by atoms with van der Waals surface area (Å²) in [7, 11) is 0. The van der Waals surface area contributed by atoms with Crippen molar-refractivity contribution in [1.29, 1.82) is 0 Å². The highest BCUT2D eigenvalue weighted by atomic mass is 16.5. The standard InChI is InChI=1S/C14H16.C6H14O/c1-4-5-6-13-7-9-14(10-8-13)11-12(2)3;1-3-5-7-6-4-2/h4,7-10,12H,1,11H2,2-3H3;3-6H2,1-2H3. The van der Waals surface area contributed by atoms with E-state index in [-0.39, 0.29) is 0 Å². The molecule has 0 fully saturated rings. The molecule has 21 heavy (non-hydrogen) atoms. The van der Waals surface area contributed by atoms with Crippen LogP contribution in [0.5, 0.6) is 0 Å². The molecule has 0 bridgehead atoms. The summed E-state index contributed by atoms with van der Waals surface area (Å²) in [6, 6.07) is 8.42. The third-order valence-corrected chi connectivity index (χ3v) is 2.61. The average molecular weight is 286 g/mol. The normalized spacial score (nSPS) is 9.38. The van der Waals surface area contributed by atoms with Gasteiger partial charge in [-0.3, -0.25) is 0 Å². The van der Waals surface area contributed by atoms with Crippen LogP contribution in [0, 0.1) is 17.8 Å². The summed E-state index contributed by atoms with van der Waals surface area (Å²) in [6.07, 6.45) is 5.02. The lowest BCUT2D eigenvalue weighted by molar-refractivity contribution is 0.135. The molecule has 0 aromatic heterocycles. The molecule has 0 aliphatic heterocycles. The van der Waals surface area contributed by atoms with Crippen molar-refractivity contribution >= 4 is 0 Å². The molecule has 1 nitrogen and oxygen atoms in total. The first kappa shape index (κ1) is 19.5. The van der Waals surface area contributed by atoms with Crippen molar-refractivity contribution in [2.24, 2.45) is 5.92 Å². The van der Waals surface area contributed by atoms with E-state index in [2.05, 4.69) is 70.4 Å². The molecule has 0 amide bonds. The lowest BCUT2D eigenvalue weighted by Crippen LogP contribution is -1.93. The van der Waals surface area contributed by atoms with Crippen LogP contribution in [0.3, 0.4) is 0 Å². The molecule has 0 saturated heterocycles. The zero-order chi connectivity index (χ0) is 15.9. The maximum Gasteiger partial charge on any atom is 0.0463 e. The van der Waals surface area contributed by atoms with Crippen molar-refractivity contribution in [3.8, 4) is 11.8 Å². The van der Waals surface area contributed by atoms with E-state index in [0.29, 0.717) is 5.92 Å². The van der Waals surface area contributed by atoms with E-state index in [1.807, 2.05) is 0 Å². The van der Waals surface area contributed by atoms with Crippen LogP contribution in [0.1, 0.15) is 51.7 Å². The molecule has 0 aliphatic carbocycles. The molecule has 0 aliphatic rings. The Balaban J connectivity index is 0.000000486. The van der Waals surface area contributed by atoms with E-state index in [1.54, 1.807) is 6.08 Å². The fourth-order valence-electron chi connectivity index (χ4n) is 1.72. The van der Waals surface area contributed by atoms with Gasteiger partial charge < -0.3 is 4.74 Å². The van der Waals surface area contributed by atoms with Crippen molar-refractivity contribution in [2.75, 3.05) is 13.2 Å². The van der Waals surface area contributed by atoms with Crippen LogP contribution in [0.25, 0.3) is 0 Å². The van der Waals surface area contributed by atoms with Crippen LogP contribution < -0.4 is 0 Å². The zero-order valence-electron chi connectivity index (χ0n) is 14.1. The number of allylic oxidation sites excluding steroid dienone is 1. The van der Waals surface area contributed by atoms with Crippen LogP contribution in [0.4, 0.5) is 0 Å². The van der Waals surface area contributed by atoms with E-state index in [1.165, 1.54) is 5.56 Å². The monoisotopic (exact) mass is 286 g/mol. The largest absolute Gasteiger partial charge is 0.381 e. The Morgan fingerprint density at radius 1 is 1.10 bits per heavy atom. The van der Waals surface area contributed by atoms with E-state index in [4.69, 9.17) is 4.74 Å². The fraction of sp³-hybridized carbons (Fsp3) is 0.500. The Morgan fingerprint density at radius 3 is 2.10 bits per heavy atom. The molecule has 0 radical (unpaired) electrons. The first-order valence-corrected chi connectivity index (χ1v) is 7.93. The van der Waals surface area contributed by atoms with E-state index in [9.17, 15) is 0 Å². The highest BCUT2D eigenvalue weighted by Gasteiger charge is 1.96. The molecule has 0 heterocycles. The summed E-state index contributed by atoms with van der Waals surface area (Å²) in [5, 5.41) is 0. The first-order chi connectivity index (χ1) is 10.1. The Hall–Kier alpha value is -1.52. The summed E-state index contributed by atoms with van der Waals surface area (Å²) in [4.78, 5) is 0. The van der Waals surface area contributed by atoms with Gasteiger partial charge in [0.25, 0.3) is 0 Å². The minimum Gasteiger partial charge on any atom is -0.381 e. The van der Waals surface area contributed by atoms with Crippen LogP contribution in [-0.4, -0.2) is 13.2 Å². The predicted molar refractivity (Wildman–Crippen MR) is 93.5 cm³/mol. The van der Waals surface area contributed by atoms with E-state index < -0.39 is 0 Å². The topological polar surface area (TPSA) is 9.23 Å². The molecule has 0 saturated carbocycles. The molecule has 1 aromatic carbocycles. The number of rotatable bonds is 6. The van der Waals surface area contributed by atoms with Gasteiger partial charge in [0.2, 0.25) is 0 Å². The van der Waals surface area contributed by atoms with E-state index in [0.717, 1.165) is 38.0 Å². The van der Waals surface area contributed by atoms with Crippen molar-refractivity contribution in [2.45, 2.75) is 47.0 Å². The average Bonchev–Trinajstić information content (AvgIpc) is 2.47. The van der Waals surface area contributed by atoms with Gasteiger partial charge in [0, 0.05) is 18.8 Å². The molecular weight excluding hydrogens is 256 g/mol. The van der Waals surface area contributed by atoms with Gasteiger partial charge >= 0.3 is 0 Å². The number of hydrogen-bond acceptors (Lipinski definition) is 1. The molecule has 0 N–H and O–H groups in total. The molecule has 1 aromatic rings. The zero-order valence-corrected chi connectivity index (χ0v) is 14.1. The van der Waals surface area contributed by atoms with Crippen LogP contribution in [0.2, 0.25) is 0 Å². The highest BCUT2D eigenvalue weighted by molar-refractivity contribution is 5.38. The molecule has 1 heteroatoms. The molecule has 0 spiro atoms. The van der Waals surface area contributed by atoms with Gasteiger partial charge in [-0.2, -0.15) is 0 Å². The van der Waals surface area contributed by atoms with Crippen molar-refractivity contribution in [3.63, 3.8) is 0 Å². The minimum atomic E-state index is 0.708. The third kappa shape index (κ3) is 12.0. The highest BCUT2D eigenvalue weighted by Crippen LogP contribution is 2.08. The second-order valence-corrected chi connectivity index (χ2v) is 5.38. The third-order valence-electron chi connectivity index (χ3n) is 2.61. The maximum atomic E-state index is 5.13. The van der Waals surface area contributed by atoms with Gasteiger partial charge in [-0.15, -0.1) is 0 Å². The summed E-state index contributed by atoms with van der Waals surface area (Å²) < 4.78 is 5.13. The second kappa shape index (κ2) is 13.5. The summed E-state index contributed by atoms with van der Waals surface area (Å²) in [5.41, 5.74) is 2.43. The van der Waals surface area contributed by atoms with Crippen molar-refractivity contribution in [1.82, 2.24) is 0 Å². The molecule has 1 rings (SSSR count). The summed E-state index contributed by atoms with van der Waals surface area (Å²) in [5.74, 6) is 6.55. The van der Waals surface area contributed by atoms with Gasteiger partial charge in [0.15, 0.2) is 0 Å². The van der Waals surface area contributed by atoms with Crippen LogP contribution in [0.15, 0.2) is 36.9 Å². The maximum absolute atomic E-state index is 5.13. The minimum absolute atomic E-state index is 0.708. The smallest absolute Gasteiger partial charge is 0.0463 e.